The molecule has 1 rings (SSSR count). The van der Waals surface area contributed by atoms with Crippen LogP contribution in [0.15, 0.2) is 16.5 Å². The summed E-state index contributed by atoms with van der Waals surface area (Å²) in [5.74, 6) is 3.39. The molecule has 0 spiro atoms. The molecular formula is C14H21FN2. The number of allylic oxidation sites excluding steroid dienone is 2. The predicted octanol–water partition coefficient (Wildman–Crippen LogP) is 3.22. The molecule has 0 N–H and O–H groups in total. The maximum absolute atomic E-state index is 14.4. The third-order valence-electron chi connectivity index (χ3n) is 3.44. The fraction of sp³-hybridized carbons (Fsp3) is 0.643. The van der Waals surface area contributed by atoms with Gasteiger partial charge in [-0.05, 0) is 39.5 Å². The molecule has 0 aliphatic heterocycles. The minimum Gasteiger partial charge on any atom is -0.366 e. The average Bonchev–Trinajstić information content (AvgIpc) is 3.10. The number of aliphatic imine (C=N–C) groups is 1. The Balaban J connectivity index is 3.04. The van der Waals surface area contributed by atoms with Crippen LogP contribution in [0, 0.1) is 23.7 Å². The normalized spacial score (nSPS) is 21.4. The van der Waals surface area contributed by atoms with E-state index in [4.69, 9.17) is 6.42 Å². The van der Waals surface area contributed by atoms with Gasteiger partial charge in [-0.2, -0.15) is 0 Å². The summed E-state index contributed by atoms with van der Waals surface area (Å²) in [6.07, 6.45) is 7.52. The Labute approximate surface area is 104 Å². The summed E-state index contributed by atoms with van der Waals surface area (Å²) >= 11 is 0. The first-order chi connectivity index (χ1) is 7.82. The van der Waals surface area contributed by atoms with Crippen LogP contribution in [0.5, 0.6) is 0 Å². The van der Waals surface area contributed by atoms with Crippen LogP contribution < -0.4 is 0 Å². The van der Waals surface area contributed by atoms with Gasteiger partial charge in [0.1, 0.15) is 11.7 Å². The van der Waals surface area contributed by atoms with E-state index in [1.54, 1.807) is 13.8 Å². The van der Waals surface area contributed by atoms with Crippen molar-refractivity contribution in [3.8, 4) is 12.3 Å². The lowest BCUT2D eigenvalue weighted by atomic mass is 9.83. The number of rotatable bonds is 3. The molecule has 0 aromatic rings. The lowest BCUT2D eigenvalue weighted by Crippen LogP contribution is -2.21. The van der Waals surface area contributed by atoms with Crippen LogP contribution in [0.1, 0.15) is 33.6 Å². The Kier molecular flexibility index (Phi) is 3.98. The van der Waals surface area contributed by atoms with Crippen molar-refractivity contribution in [1.29, 1.82) is 0 Å². The molecule has 0 heterocycles. The van der Waals surface area contributed by atoms with Crippen molar-refractivity contribution < 1.29 is 4.39 Å². The molecule has 1 atom stereocenters. The summed E-state index contributed by atoms with van der Waals surface area (Å²) < 4.78 is 14.4. The van der Waals surface area contributed by atoms with E-state index in [0.29, 0.717) is 5.70 Å². The molecule has 2 nitrogen and oxygen atoms in total. The van der Waals surface area contributed by atoms with Crippen LogP contribution in [-0.4, -0.2) is 24.8 Å². The van der Waals surface area contributed by atoms with Gasteiger partial charge in [0, 0.05) is 14.1 Å². The molecule has 0 bridgehead atoms. The molecule has 94 valence electrons. The van der Waals surface area contributed by atoms with Crippen molar-refractivity contribution >= 4 is 5.84 Å². The maximum Gasteiger partial charge on any atom is 0.139 e. The fourth-order valence-electron chi connectivity index (χ4n) is 1.79. The number of hydrogen-bond donors (Lipinski definition) is 0. The topological polar surface area (TPSA) is 15.6 Å². The average molecular weight is 236 g/mol. The first-order valence-electron chi connectivity index (χ1n) is 5.90. The third-order valence-corrected chi connectivity index (χ3v) is 3.44. The Hall–Kier alpha value is -1.30. The standard InChI is InChI=1S/C14H21FN2/c1-7-14(4,12-8-9-12)13(15)10(2)16-11(3)17(5)6/h1,12H,8-9H2,2-6H3/b13-10+,16-11+. The Bertz CT molecular complexity index is 397. The van der Waals surface area contributed by atoms with Crippen LogP contribution in [0.2, 0.25) is 0 Å². The van der Waals surface area contributed by atoms with Crippen molar-refractivity contribution in [3.63, 3.8) is 0 Å². The van der Waals surface area contributed by atoms with Crippen molar-refractivity contribution in [2.45, 2.75) is 33.6 Å². The van der Waals surface area contributed by atoms with E-state index in [2.05, 4.69) is 10.9 Å². The third kappa shape index (κ3) is 2.88. The molecule has 0 amide bonds. The summed E-state index contributed by atoms with van der Waals surface area (Å²) in [5, 5.41) is 0. The predicted molar refractivity (Wildman–Crippen MR) is 70.3 cm³/mol. The van der Waals surface area contributed by atoms with E-state index in [9.17, 15) is 4.39 Å². The molecule has 0 aromatic carbocycles. The summed E-state index contributed by atoms with van der Waals surface area (Å²) in [6.45, 7) is 5.32. The van der Waals surface area contributed by atoms with Gasteiger partial charge in [0.2, 0.25) is 0 Å². The van der Waals surface area contributed by atoms with Crippen molar-refractivity contribution in [1.82, 2.24) is 4.90 Å². The van der Waals surface area contributed by atoms with Crippen molar-refractivity contribution in [2.75, 3.05) is 14.1 Å². The van der Waals surface area contributed by atoms with E-state index in [0.717, 1.165) is 18.7 Å². The van der Waals surface area contributed by atoms with Gasteiger partial charge in [-0.3, -0.25) is 0 Å². The number of nitrogens with zero attached hydrogens (tertiary/aromatic N) is 2. The number of terminal acetylenes is 1. The van der Waals surface area contributed by atoms with Gasteiger partial charge in [-0.25, -0.2) is 9.38 Å². The van der Waals surface area contributed by atoms with Gasteiger partial charge in [-0.1, -0.05) is 5.92 Å². The van der Waals surface area contributed by atoms with E-state index < -0.39 is 5.41 Å². The molecule has 0 radical (unpaired) electrons. The van der Waals surface area contributed by atoms with Crippen LogP contribution in [-0.2, 0) is 0 Å². The van der Waals surface area contributed by atoms with Gasteiger partial charge < -0.3 is 4.90 Å². The fourth-order valence-corrected chi connectivity index (χ4v) is 1.79. The first kappa shape index (κ1) is 13.8. The van der Waals surface area contributed by atoms with Crippen LogP contribution in [0.25, 0.3) is 0 Å². The minimum absolute atomic E-state index is 0.260. The summed E-state index contributed by atoms with van der Waals surface area (Å²) in [7, 11) is 3.76. The second-order valence-electron chi connectivity index (χ2n) is 5.07. The molecular weight excluding hydrogens is 215 g/mol. The molecule has 1 saturated carbocycles. The number of amidine groups is 1. The molecule has 17 heavy (non-hydrogen) atoms. The molecule has 0 aromatic heterocycles. The zero-order chi connectivity index (χ0) is 13.2. The van der Waals surface area contributed by atoms with Crippen molar-refractivity contribution in [3.05, 3.63) is 11.5 Å². The number of hydrogen-bond acceptors (Lipinski definition) is 1. The van der Waals surface area contributed by atoms with Crippen LogP contribution in [0.4, 0.5) is 4.39 Å². The van der Waals surface area contributed by atoms with Gasteiger partial charge in [0.05, 0.1) is 11.1 Å². The molecule has 1 unspecified atom stereocenters. The van der Waals surface area contributed by atoms with E-state index in [1.807, 2.05) is 25.9 Å². The zero-order valence-electron chi connectivity index (χ0n) is 11.3. The highest BCUT2D eigenvalue weighted by Gasteiger charge is 2.44. The second-order valence-corrected chi connectivity index (χ2v) is 5.07. The van der Waals surface area contributed by atoms with Gasteiger partial charge >= 0.3 is 0 Å². The van der Waals surface area contributed by atoms with Gasteiger partial charge in [0.25, 0.3) is 0 Å². The van der Waals surface area contributed by atoms with E-state index >= 15 is 0 Å². The molecule has 1 aliphatic rings. The molecule has 0 saturated heterocycles. The second kappa shape index (κ2) is 4.91. The highest BCUT2D eigenvalue weighted by atomic mass is 19.1. The Morgan fingerprint density at radius 3 is 2.29 bits per heavy atom. The molecule has 1 fully saturated rings. The summed E-state index contributed by atoms with van der Waals surface area (Å²) in [5.41, 5.74) is -0.385. The highest BCUT2D eigenvalue weighted by molar-refractivity contribution is 5.80. The Morgan fingerprint density at radius 1 is 1.41 bits per heavy atom. The molecule has 1 aliphatic carbocycles. The lowest BCUT2D eigenvalue weighted by Gasteiger charge is -2.22. The van der Waals surface area contributed by atoms with E-state index in [-0.39, 0.29) is 11.7 Å². The van der Waals surface area contributed by atoms with Crippen LogP contribution in [0.3, 0.4) is 0 Å². The smallest absolute Gasteiger partial charge is 0.139 e. The zero-order valence-corrected chi connectivity index (χ0v) is 11.3. The lowest BCUT2D eigenvalue weighted by molar-refractivity contribution is 0.357. The minimum atomic E-state index is -0.778. The highest BCUT2D eigenvalue weighted by Crippen LogP contribution is 2.50. The summed E-state index contributed by atoms with van der Waals surface area (Å²) in [4.78, 5) is 6.10. The number of halogens is 1. The van der Waals surface area contributed by atoms with Gasteiger partial charge in [-0.15, -0.1) is 6.42 Å². The SMILES string of the molecule is C#CC(C)(/C(F)=C(C)\N=C(/C)N(C)C)C1CC1. The largest absolute Gasteiger partial charge is 0.366 e. The monoisotopic (exact) mass is 236 g/mol. The maximum atomic E-state index is 14.4. The van der Waals surface area contributed by atoms with Gasteiger partial charge in [0.15, 0.2) is 0 Å². The first-order valence-corrected chi connectivity index (χ1v) is 5.90. The Morgan fingerprint density at radius 2 is 1.94 bits per heavy atom. The quantitative estimate of drug-likeness (QED) is 0.417. The van der Waals surface area contributed by atoms with Crippen LogP contribution >= 0.6 is 0 Å². The van der Waals surface area contributed by atoms with E-state index in [1.165, 1.54) is 0 Å². The summed E-state index contributed by atoms with van der Waals surface area (Å²) in [6, 6.07) is 0. The van der Waals surface area contributed by atoms with Crippen molar-refractivity contribution in [2.24, 2.45) is 16.3 Å². The molecule has 3 heteroatoms.